The summed E-state index contributed by atoms with van der Waals surface area (Å²) >= 11 is 0. The van der Waals surface area contributed by atoms with Crippen molar-refractivity contribution in [1.29, 1.82) is 0 Å². The lowest BCUT2D eigenvalue weighted by Crippen LogP contribution is -2.54. The smallest absolute Gasteiger partial charge is 0.398 e. The molecule has 0 spiro atoms. The zero-order valence-electron chi connectivity index (χ0n) is 21.5. The molecule has 2 N–H and O–H groups in total. The fourth-order valence-corrected chi connectivity index (χ4v) is 4.78. The van der Waals surface area contributed by atoms with E-state index in [9.17, 15) is 26.3 Å². The highest BCUT2D eigenvalue weighted by atomic mass is 19.4. The summed E-state index contributed by atoms with van der Waals surface area (Å²) in [6.07, 6.45) is -4.49. The molecule has 0 amide bonds. The van der Waals surface area contributed by atoms with Gasteiger partial charge in [-0.3, -0.25) is 0 Å². The van der Waals surface area contributed by atoms with Gasteiger partial charge in [0.25, 0.3) is 0 Å². The molecule has 0 aromatic heterocycles. The fraction of sp³-hybridized carbons (Fsp3) is 0.290. The molecule has 0 bridgehead atoms. The second kappa shape index (κ2) is 11.5. The summed E-state index contributed by atoms with van der Waals surface area (Å²) in [5.41, 5.74) is 3.25. The average Bonchev–Trinajstić information content (AvgIpc) is 2.84. The number of nitrogen functional groups attached to an aromatic ring is 1. The van der Waals surface area contributed by atoms with E-state index in [4.69, 9.17) is 5.73 Å². The zero-order valence-corrected chi connectivity index (χ0v) is 21.5. The van der Waals surface area contributed by atoms with Crippen LogP contribution in [0.4, 0.5) is 32.0 Å². The largest absolute Gasteiger partial charge is 0.411 e. The van der Waals surface area contributed by atoms with E-state index in [-0.39, 0.29) is 5.69 Å². The maximum Gasteiger partial charge on any atom is 0.411 e. The van der Waals surface area contributed by atoms with Crippen LogP contribution in [0.15, 0.2) is 90.5 Å². The quantitative estimate of drug-likeness (QED) is 0.175. The summed E-state index contributed by atoms with van der Waals surface area (Å²) in [5, 5.41) is 0. The normalized spacial score (nSPS) is 13.3. The molecule has 38 heavy (non-hydrogen) atoms. The number of benzene rings is 3. The minimum absolute atomic E-state index is 0.103. The Bertz CT molecular complexity index is 1290. The minimum atomic E-state index is -5.67. The fourth-order valence-electron chi connectivity index (χ4n) is 4.78. The SMILES string of the molecule is CC=CC(=CC)Cc1ccc(C(c2ccc(CCc3ccccc3)c(N)c2)(C(F)(F)F)C(F)(F)F)cc1C. The van der Waals surface area contributed by atoms with E-state index in [0.717, 1.165) is 35.4 Å². The van der Waals surface area contributed by atoms with E-state index in [1.54, 1.807) is 0 Å². The van der Waals surface area contributed by atoms with Gasteiger partial charge < -0.3 is 5.73 Å². The van der Waals surface area contributed by atoms with Crippen molar-refractivity contribution < 1.29 is 26.3 Å². The predicted octanol–water partition coefficient (Wildman–Crippen LogP) is 8.84. The van der Waals surface area contributed by atoms with Gasteiger partial charge in [0, 0.05) is 5.69 Å². The summed E-state index contributed by atoms with van der Waals surface area (Å²) < 4.78 is 88.0. The first-order chi connectivity index (χ1) is 17.8. The predicted molar refractivity (Wildman–Crippen MR) is 141 cm³/mol. The summed E-state index contributed by atoms with van der Waals surface area (Å²) in [5.74, 6) is 0. The Kier molecular flexibility index (Phi) is 8.80. The van der Waals surface area contributed by atoms with Gasteiger partial charge in [0.15, 0.2) is 0 Å². The van der Waals surface area contributed by atoms with Crippen LogP contribution >= 0.6 is 0 Å². The van der Waals surface area contributed by atoms with Gasteiger partial charge in [-0.1, -0.05) is 78.9 Å². The highest BCUT2D eigenvalue weighted by Gasteiger charge is 2.72. The van der Waals surface area contributed by atoms with Gasteiger partial charge in [0.05, 0.1) is 0 Å². The Labute approximate surface area is 219 Å². The van der Waals surface area contributed by atoms with Crippen molar-refractivity contribution in [2.45, 2.75) is 57.8 Å². The molecular formula is C31H31F6N. The Morgan fingerprint density at radius 3 is 1.84 bits per heavy atom. The number of rotatable bonds is 8. The standard InChI is InChI=1S/C31H31F6N/c1-4-9-22(5-2)19-25-15-17-26(18-21(25)3)29(30(32,33)34,31(35,36)37)27-16-14-24(28(38)20-27)13-12-23-10-7-6-8-11-23/h4-11,14-18,20H,12-13,19,38H2,1-3H3. The zero-order chi connectivity index (χ0) is 28.1. The van der Waals surface area contributed by atoms with Crippen LogP contribution in [0, 0.1) is 6.92 Å². The van der Waals surface area contributed by atoms with Crippen molar-refractivity contribution in [2.75, 3.05) is 5.73 Å². The van der Waals surface area contributed by atoms with Crippen molar-refractivity contribution in [3.8, 4) is 0 Å². The molecule has 3 aromatic carbocycles. The molecule has 0 unspecified atom stereocenters. The second-order valence-corrected chi connectivity index (χ2v) is 9.33. The van der Waals surface area contributed by atoms with Crippen LogP contribution in [0.5, 0.6) is 0 Å². The lowest BCUT2D eigenvalue weighted by molar-refractivity contribution is -0.288. The average molecular weight is 532 g/mol. The summed E-state index contributed by atoms with van der Waals surface area (Å²) in [6.45, 7) is 5.19. The third kappa shape index (κ3) is 5.82. The molecule has 3 aromatic rings. The van der Waals surface area contributed by atoms with E-state index < -0.39 is 28.9 Å². The van der Waals surface area contributed by atoms with Crippen molar-refractivity contribution >= 4 is 5.69 Å². The highest BCUT2D eigenvalue weighted by molar-refractivity contribution is 5.56. The molecule has 0 atom stereocenters. The van der Waals surface area contributed by atoms with E-state index in [0.29, 0.717) is 36.0 Å². The first kappa shape index (κ1) is 29.1. The van der Waals surface area contributed by atoms with Crippen molar-refractivity contribution in [3.63, 3.8) is 0 Å². The van der Waals surface area contributed by atoms with Crippen LogP contribution in [-0.2, 0) is 24.7 Å². The molecule has 1 nitrogen and oxygen atoms in total. The number of allylic oxidation sites excluding steroid dienone is 4. The first-order valence-corrected chi connectivity index (χ1v) is 12.3. The van der Waals surface area contributed by atoms with Crippen molar-refractivity contribution in [2.24, 2.45) is 0 Å². The molecule has 0 fully saturated rings. The molecular weight excluding hydrogens is 500 g/mol. The number of anilines is 1. The minimum Gasteiger partial charge on any atom is -0.398 e. The molecule has 202 valence electrons. The van der Waals surface area contributed by atoms with E-state index in [1.165, 1.54) is 19.1 Å². The Morgan fingerprint density at radius 2 is 1.34 bits per heavy atom. The van der Waals surface area contributed by atoms with Crippen molar-refractivity contribution in [3.05, 3.63) is 124 Å². The third-order valence-corrected chi connectivity index (χ3v) is 6.88. The maximum absolute atomic E-state index is 14.7. The molecule has 7 heteroatoms. The highest BCUT2D eigenvalue weighted by Crippen LogP contribution is 2.56. The molecule has 0 aliphatic carbocycles. The van der Waals surface area contributed by atoms with Gasteiger partial charge in [-0.25, -0.2) is 0 Å². The third-order valence-electron chi connectivity index (χ3n) is 6.88. The molecule has 0 saturated carbocycles. The number of hydrogen-bond donors (Lipinski definition) is 1. The lowest BCUT2D eigenvalue weighted by atomic mass is 9.71. The van der Waals surface area contributed by atoms with Gasteiger partial charge in [-0.15, -0.1) is 0 Å². The Hall–Kier alpha value is -3.48. The molecule has 0 saturated heterocycles. The maximum atomic E-state index is 14.7. The summed E-state index contributed by atoms with van der Waals surface area (Å²) in [7, 11) is 0. The number of halogens is 6. The van der Waals surface area contributed by atoms with E-state index in [2.05, 4.69) is 0 Å². The first-order valence-electron chi connectivity index (χ1n) is 12.3. The van der Waals surface area contributed by atoms with Gasteiger partial charge in [-0.2, -0.15) is 26.3 Å². The van der Waals surface area contributed by atoms with Gasteiger partial charge in [0.1, 0.15) is 0 Å². The lowest BCUT2D eigenvalue weighted by Gasteiger charge is -2.39. The number of alkyl halides is 6. The van der Waals surface area contributed by atoms with Crippen LogP contribution in [0.2, 0.25) is 0 Å². The van der Waals surface area contributed by atoms with E-state index >= 15 is 0 Å². The summed E-state index contributed by atoms with van der Waals surface area (Å²) in [4.78, 5) is 0. The Balaban J connectivity index is 2.11. The number of hydrogen-bond acceptors (Lipinski definition) is 1. The molecule has 0 radical (unpaired) electrons. The van der Waals surface area contributed by atoms with Crippen molar-refractivity contribution in [1.82, 2.24) is 0 Å². The Morgan fingerprint density at radius 1 is 0.763 bits per heavy atom. The van der Waals surface area contributed by atoms with Crippen LogP contribution < -0.4 is 5.73 Å². The monoisotopic (exact) mass is 531 g/mol. The van der Waals surface area contributed by atoms with Crippen LogP contribution in [0.3, 0.4) is 0 Å². The topological polar surface area (TPSA) is 26.0 Å². The van der Waals surface area contributed by atoms with Gasteiger partial charge >= 0.3 is 12.4 Å². The molecule has 0 heterocycles. The van der Waals surface area contributed by atoms with Gasteiger partial charge in [-0.05, 0) is 85.1 Å². The van der Waals surface area contributed by atoms with Crippen LogP contribution in [0.1, 0.15) is 47.2 Å². The second-order valence-electron chi connectivity index (χ2n) is 9.33. The molecule has 3 rings (SSSR count). The van der Waals surface area contributed by atoms with Gasteiger partial charge in [0.2, 0.25) is 5.41 Å². The van der Waals surface area contributed by atoms with E-state index in [1.807, 2.05) is 62.4 Å². The molecule has 0 aliphatic rings. The number of aryl methyl sites for hydroxylation is 3. The summed E-state index contributed by atoms with van der Waals surface area (Å²) in [6, 6.07) is 15.7. The molecule has 0 aliphatic heterocycles. The number of nitrogens with two attached hydrogens (primary N) is 1. The van der Waals surface area contributed by atoms with Crippen LogP contribution in [-0.4, -0.2) is 12.4 Å². The van der Waals surface area contributed by atoms with Crippen LogP contribution in [0.25, 0.3) is 0 Å².